The van der Waals surface area contributed by atoms with E-state index < -0.39 is 5.78 Å². The second kappa shape index (κ2) is 7.47. The molecule has 0 aliphatic heterocycles. The molecule has 23 heavy (non-hydrogen) atoms. The molecule has 116 valence electrons. The molecule has 0 spiro atoms. The molecular formula is C16H10Cl3N3O. The molecule has 0 aromatic heterocycles. The maximum atomic E-state index is 12.3. The molecular weight excluding hydrogens is 357 g/mol. The Bertz CT molecular complexity index is 800. The van der Waals surface area contributed by atoms with Crippen molar-refractivity contribution < 1.29 is 4.79 Å². The van der Waals surface area contributed by atoms with E-state index in [1.807, 2.05) is 6.92 Å². The van der Waals surface area contributed by atoms with Crippen LogP contribution in [0.2, 0.25) is 15.1 Å². The molecule has 0 aliphatic rings. The van der Waals surface area contributed by atoms with E-state index in [-0.39, 0.29) is 21.4 Å². The molecule has 0 aliphatic carbocycles. The zero-order valence-corrected chi connectivity index (χ0v) is 14.2. The van der Waals surface area contributed by atoms with Crippen molar-refractivity contribution in [3.05, 3.63) is 62.6 Å². The number of halogens is 3. The number of hydrogen-bond donors (Lipinski definition) is 1. The lowest BCUT2D eigenvalue weighted by molar-refractivity contribution is 0.106. The predicted molar refractivity (Wildman–Crippen MR) is 93.7 cm³/mol. The minimum Gasteiger partial charge on any atom is -0.286 e. The SMILES string of the molecule is Cc1ccc(C(=O)/C(C#N)=N\Nc2c(Cl)cc(Cl)cc2Cl)cc1. The van der Waals surface area contributed by atoms with E-state index in [9.17, 15) is 4.79 Å². The standard InChI is InChI=1S/C16H10Cl3N3O/c1-9-2-4-10(5-3-9)16(23)14(8-20)21-22-15-12(18)6-11(17)7-13(15)19/h2-7,22H,1H3/b21-14-. The molecule has 4 nitrogen and oxygen atoms in total. The van der Waals surface area contributed by atoms with Crippen LogP contribution in [0.3, 0.4) is 0 Å². The van der Waals surface area contributed by atoms with Crippen LogP contribution < -0.4 is 5.43 Å². The van der Waals surface area contributed by atoms with Gasteiger partial charge in [0.2, 0.25) is 11.5 Å². The lowest BCUT2D eigenvalue weighted by atomic mass is 10.1. The van der Waals surface area contributed by atoms with E-state index in [1.54, 1.807) is 30.3 Å². The van der Waals surface area contributed by atoms with Crippen LogP contribution >= 0.6 is 34.8 Å². The highest BCUT2D eigenvalue weighted by Crippen LogP contribution is 2.33. The Morgan fingerprint density at radius 3 is 2.22 bits per heavy atom. The van der Waals surface area contributed by atoms with Crippen molar-refractivity contribution in [1.29, 1.82) is 5.26 Å². The number of Topliss-reactive ketones (excluding diaryl/α,β-unsaturated/α-hetero) is 1. The average Bonchev–Trinajstić information content (AvgIpc) is 2.50. The minimum absolute atomic E-state index is 0.228. The fourth-order valence-corrected chi connectivity index (χ4v) is 2.63. The van der Waals surface area contributed by atoms with Crippen molar-refractivity contribution in [1.82, 2.24) is 0 Å². The number of carbonyl (C=O) groups is 1. The number of carbonyl (C=O) groups excluding carboxylic acids is 1. The van der Waals surface area contributed by atoms with Gasteiger partial charge < -0.3 is 0 Å². The third kappa shape index (κ3) is 4.23. The molecule has 7 heteroatoms. The maximum Gasteiger partial charge on any atom is 0.223 e. The highest BCUT2D eigenvalue weighted by atomic mass is 35.5. The summed E-state index contributed by atoms with van der Waals surface area (Å²) in [6.07, 6.45) is 0. The Labute approximate surface area is 148 Å². The largest absolute Gasteiger partial charge is 0.286 e. The molecule has 0 unspecified atom stereocenters. The van der Waals surface area contributed by atoms with Crippen LogP contribution in [0, 0.1) is 18.3 Å². The number of rotatable bonds is 4. The Morgan fingerprint density at radius 2 is 1.70 bits per heavy atom. The van der Waals surface area contributed by atoms with E-state index in [4.69, 9.17) is 40.1 Å². The molecule has 0 atom stereocenters. The first-order valence-electron chi connectivity index (χ1n) is 6.42. The Morgan fingerprint density at radius 1 is 1.13 bits per heavy atom. The summed E-state index contributed by atoms with van der Waals surface area (Å²) in [7, 11) is 0. The molecule has 2 aromatic rings. The first-order valence-corrected chi connectivity index (χ1v) is 7.55. The van der Waals surface area contributed by atoms with Crippen molar-refractivity contribution in [3.8, 4) is 6.07 Å². The molecule has 0 fully saturated rings. The smallest absolute Gasteiger partial charge is 0.223 e. The van der Waals surface area contributed by atoms with Crippen molar-refractivity contribution in [2.75, 3.05) is 5.43 Å². The first kappa shape index (κ1) is 17.3. The molecule has 1 N–H and O–H groups in total. The van der Waals surface area contributed by atoms with Crippen LogP contribution in [0.25, 0.3) is 0 Å². The summed E-state index contributed by atoms with van der Waals surface area (Å²) in [5, 5.41) is 13.8. The Balaban J connectivity index is 2.28. The second-order valence-electron chi connectivity index (χ2n) is 4.62. The van der Waals surface area contributed by atoms with Gasteiger partial charge in [0.15, 0.2) is 0 Å². The maximum absolute atomic E-state index is 12.3. The number of nitrogens with one attached hydrogen (secondary N) is 1. The number of nitriles is 1. The van der Waals surface area contributed by atoms with Crippen LogP contribution in [0.15, 0.2) is 41.5 Å². The second-order valence-corrected chi connectivity index (χ2v) is 5.87. The van der Waals surface area contributed by atoms with Gasteiger partial charge in [-0.1, -0.05) is 64.6 Å². The summed E-state index contributed by atoms with van der Waals surface area (Å²) in [6, 6.07) is 11.5. The quantitative estimate of drug-likeness (QED) is 0.463. The van der Waals surface area contributed by atoms with Crippen LogP contribution in [0.4, 0.5) is 5.69 Å². The lowest BCUT2D eigenvalue weighted by Crippen LogP contribution is -2.14. The van der Waals surface area contributed by atoms with Gasteiger partial charge in [-0.25, -0.2) is 0 Å². The van der Waals surface area contributed by atoms with Gasteiger partial charge in [0.25, 0.3) is 0 Å². The number of aryl methyl sites for hydroxylation is 1. The summed E-state index contributed by atoms with van der Waals surface area (Å²) < 4.78 is 0. The minimum atomic E-state index is -0.499. The zero-order chi connectivity index (χ0) is 17.0. The molecule has 0 amide bonds. The Kier molecular flexibility index (Phi) is 5.62. The molecule has 0 saturated heterocycles. The highest BCUT2D eigenvalue weighted by molar-refractivity contribution is 6.51. The number of benzene rings is 2. The van der Waals surface area contributed by atoms with Crippen molar-refractivity contribution >= 4 is 52.0 Å². The van der Waals surface area contributed by atoms with Crippen LogP contribution in [-0.4, -0.2) is 11.5 Å². The lowest BCUT2D eigenvalue weighted by Gasteiger charge is -2.07. The highest BCUT2D eigenvalue weighted by Gasteiger charge is 2.15. The molecule has 0 saturated carbocycles. The van der Waals surface area contributed by atoms with E-state index in [0.717, 1.165) is 5.56 Å². The van der Waals surface area contributed by atoms with Gasteiger partial charge in [0.1, 0.15) is 6.07 Å². The van der Waals surface area contributed by atoms with Gasteiger partial charge in [-0.3, -0.25) is 10.2 Å². The number of hydrazone groups is 1. The fourth-order valence-electron chi connectivity index (χ4n) is 1.73. The number of nitrogens with zero attached hydrogens (tertiary/aromatic N) is 2. The Hall–Kier alpha value is -2.06. The van der Waals surface area contributed by atoms with E-state index in [1.165, 1.54) is 12.1 Å². The summed E-state index contributed by atoms with van der Waals surface area (Å²) in [5.74, 6) is -0.499. The van der Waals surface area contributed by atoms with Gasteiger partial charge in [0.05, 0.1) is 15.7 Å². The van der Waals surface area contributed by atoms with Gasteiger partial charge in [0, 0.05) is 10.6 Å². The van der Waals surface area contributed by atoms with E-state index >= 15 is 0 Å². The first-order chi connectivity index (χ1) is 10.9. The molecule has 2 aromatic carbocycles. The average molecular weight is 367 g/mol. The van der Waals surface area contributed by atoms with E-state index in [0.29, 0.717) is 10.6 Å². The fraction of sp³-hybridized carbons (Fsp3) is 0.0625. The number of anilines is 1. The van der Waals surface area contributed by atoms with Crippen LogP contribution in [0.1, 0.15) is 15.9 Å². The van der Waals surface area contributed by atoms with Crippen molar-refractivity contribution in [2.24, 2.45) is 5.10 Å². The topological polar surface area (TPSA) is 65.2 Å². The molecule has 0 bridgehead atoms. The summed E-state index contributed by atoms with van der Waals surface area (Å²) in [6.45, 7) is 1.90. The van der Waals surface area contributed by atoms with Crippen molar-refractivity contribution in [3.63, 3.8) is 0 Å². The zero-order valence-electron chi connectivity index (χ0n) is 11.9. The number of ketones is 1. The van der Waals surface area contributed by atoms with Gasteiger partial charge in [-0.2, -0.15) is 10.4 Å². The molecule has 0 radical (unpaired) electrons. The van der Waals surface area contributed by atoms with Gasteiger partial charge >= 0.3 is 0 Å². The van der Waals surface area contributed by atoms with Crippen molar-refractivity contribution in [2.45, 2.75) is 6.92 Å². The third-order valence-corrected chi connectivity index (χ3v) is 3.74. The molecule has 2 rings (SSSR count). The van der Waals surface area contributed by atoms with Gasteiger partial charge in [-0.05, 0) is 19.1 Å². The normalized spacial score (nSPS) is 11.0. The number of hydrogen-bond acceptors (Lipinski definition) is 4. The third-order valence-electron chi connectivity index (χ3n) is 2.92. The monoisotopic (exact) mass is 365 g/mol. The predicted octanol–water partition coefficient (Wildman–Crippen LogP) is 5.13. The van der Waals surface area contributed by atoms with Crippen LogP contribution in [0.5, 0.6) is 0 Å². The summed E-state index contributed by atoms with van der Waals surface area (Å²) >= 11 is 17.8. The molecule has 0 heterocycles. The summed E-state index contributed by atoms with van der Waals surface area (Å²) in [5.41, 5.74) is 3.88. The van der Waals surface area contributed by atoms with Crippen LogP contribution in [-0.2, 0) is 0 Å². The summed E-state index contributed by atoms with van der Waals surface area (Å²) in [4.78, 5) is 12.3. The van der Waals surface area contributed by atoms with E-state index in [2.05, 4.69) is 10.5 Å². The van der Waals surface area contributed by atoms with Gasteiger partial charge in [-0.15, -0.1) is 0 Å².